The van der Waals surface area contributed by atoms with Crippen LogP contribution in [-0.2, 0) is 18.1 Å². The lowest BCUT2D eigenvalue weighted by molar-refractivity contribution is 0.0653. The fourth-order valence-corrected chi connectivity index (χ4v) is 3.79. The van der Waals surface area contributed by atoms with Gasteiger partial charge in [-0.25, -0.2) is 4.39 Å². The molecule has 5 rings (SSSR count). The van der Waals surface area contributed by atoms with Crippen LogP contribution in [0.4, 0.5) is 4.39 Å². The molecule has 0 bridgehead atoms. The Morgan fingerprint density at radius 3 is 2.28 bits per heavy atom. The molecule has 2 heterocycles. The molecule has 5 nitrogen and oxygen atoms in total. The number of hydrogen-bond donors (Lipinski definition) is 0. The van der Waals surface area contributed by atoms with Gasteiger partial charge in [0.1, 0.15) is 24.5 Å². The highest BCUT2D eigenvalue weighted by molar-refractivity contribution is 5.86. The SMILES string of the molecule is O=c1ncn(COCc2ccccc2)c2c1cc(-c1ccccc1)n2-c1ccc(F)cc1. The van der Waals surface area contributed by atoms with E-state index in [4.69, 9.17) is 4.74 Å². The van der Waals surface area contributed by atoms with Gasteiger partial charge in [0.2, 0.25) is 0 Å². The Bertz CT molecular complexity index is 1410. The molecule has 0 aliphatic rings. The number of nitrogens with zero attached hydrogens (tertiary/aromatic N) is 3. The molecule has 3 aromatic carbocycles. The van der Waals surface area contributed by atoms with Crippen molar-refractivity contribution in [1.29, 1.82) is 0 Å². The average molecular weight is 425 g/mol. The smallest absolute Gasteiger partial charge is 0.282 e. The lowest BCUT2D eigenvalue weighted by Crippen LogP contribution is -2.15. The third-order valence-corrected chi connectivity index (χ3v) is 5.29. The van der Waals surface area contributed by atoms with Crippen LogP contribution in [0.2, 0.25) is 0 Å². The summed E-state index contributed by atoms with van der Waals surface area (Å²) in [6.07, 6.45) is 1.49. The molecule has 0 saturated heterocycles. The first kappa shape index (κ1) is 19.9. The standard InChI is InChI=1S/C26H20FN3O2/c27-21-11-13-22(14-12-21)30-24(20-9-5-2-6-10-20)15-23-25(31)28-17-29(26(23)30)18-32-16-19-7-3-1-4-8-19/h1-15,17H,16,18H2. The summed E-state index contributed by atoms with van der Waals surface area (Å²) in [7, 11) is 0. The molecule has 2 aromatic heterocycles. The summed E-state index contributed by atoms with van der Waals surface area (Å²) >= 11 is 0. The zero-order valence-corrected chi connectivity index (χ0v) is 17.2. The quantitative estimate of drug-likeness (QED) is 0.377. The largest absolute Gasteiger partial charge is 0.356 e. The van der Waals surface area contributed by atoms with Crippen molar-refractivity contribution in [3.63, 3.8) is 0 Å². The lowest BCUT2D eigenvalue weighted by atomic mass is 10.1. The number of fused-ring (bicyclic) bond motifs is 1. The molecule has 0 unspecified atom stereocenters. The highest BCUT2D eigenvalue weighted by Crippen LogP contribution is 2.30. The summed E-state index contributed by atoms with van der Waals surface area (Å²) in [6.45, 7) is 0.634. The van der Waals surface area contributed by atoms with E-state index < -0.39 is 0 Å². The maximum atomic E-state index is 13.6. The van der Waals surface area contributed by atoms with Crippen molar-refractivity contribution in [2.75, 3.05) is 0 Å². The van der Waals surface area contributed by atoms with Crippen LogP contribution in [0.1, 0.15) is 5.56 Å². The molecule has 0 amide bonds. The number of hydrogen-bond acceptors (Lipinski definition) is 3. The first-order chi connectivity index (χ1) is 15.7. The van der Waals surface area contributed by atoms with Gasteiger partial charge in [0, 0.05) is 5.69 Å². The fourth-order valence-electron chi connectivity index (χ4n) is 3.79. The van der Waals surface area contributed by atoms with Crippen LogP contribution in [0, 0.1) is 5.82 Å². The third-order valence-electron chi connectivity index (χ3n) is 5.29. The second-order valence-electron chi connectivity index (χ2n) is 7.43. The van der Waals surface area contributed by atoms with Crippen molar-refractivity contribution in [3.05, 3.63) is 119 Å². The van der Waals surface area contributed by atoms with Gasteiger partial charge in [-0.2, -0.15) is 4.98 Å². The minimum absolute atomic E-state index is 0.206. The Morgan fingerprint density at radius 2 is 1.56 bits per heavy atom. The molecule has 6 heteroatoms. The summed E-state index contributed by atoms with van der Waals surface area (Å²) in [6, 6.07) is 27.7. The Morgan fingerprint density at radius 1 is 0.875 bits per heavy atom. The molecular formula is C26H20FN3O2. The van der Waals surface area contributed by atoms with E-state index in [1.807, 2.05) is 71.3 Å². The lowest BCUT2D eigenvalue weighted by Gasteiger charge is -2.15. The Balaban J connectivity index is 1.65. The van der Waals surface area contributed by atoms with E-state index in [2.05, 4.69) is 4.98 Å². The molecule has 0 aliphatic heterocycles. The first-order valence-corrected chi connectivity index (χ1v) is 10.2. The molecule has 0 radical (unpaired) electrons. The van der Waals surface area contributed by atoms with Crippen molar-refractivity contribution in [3.8, 4) is 16.9 Å². The van der Waals surface area contributed by atoms with Crippen LogP contribution in [0.5, 0.6) is 0 Å². The summed E-state index contributed by atoms with van der Waals surface area (Å²) in [5.41, 5.74) is 3.86. The van der Waals surface area contributed by atoms with Crippen molar-refractivity contribution < 1.29 is 9.13 Å². The maximum Gasteiger partial charge on any atom is 0.282 e. The Kier molecular flexibility index (Phi) is 5.35. The van der Waals surface area contributed by atoms with Crippen molar-refractivity contribution in [2.24, 2.45) is 0 Å². The van der Waals surface area contributed by atoms with E-state index in [1.165, 1.54) is 18.5 Å². The topological polar surface area (TPSA) is 49.1 Å². The molecule has 0 aliphatic carbocycles. The second kappa shape index (κ2) is 8.61. The number of halogens is 1. The number of ether oxygens (including phenoxy) is 1. The molecule has 0 N–H and O–H groups in total. The van der Waals surface area contributed by atoms with E-state index in [1.54, 1.807) is 16.7 Å². The maximum absolute atomic E-state index is 13.6. The Hall–Kier alpha value is -4.03. The summed E-state index contributed by atoms with van der Waals surface area (Å²) < 4.78 is 23.3. The van der Waals surface area contributed by atoms with Gasteiger partial charge in [0.15, 0.2) is 0 Å². The molecule has 0 fully saturated rings. The van der Waals surface area contributed by atoms with Crippen molar-refractivity contribution in [2.45, 2.75) is 13.3 Å². The van der Waals surface area contributed by atoms with Crippen LogP contribution in [0.15, 0.2) is 102 Å². The number of benzene rings is 3. The molecule has 158 valence electrons. The molecule has 5 aromatic rings. The van der Waals surface area contributed by atoms with Crippen LogP contribution >= 0.6 is 0 Å². The minimum Gasteiger partial charge on any atom is -0.356 e. The summed E-state index contributed by atoms with van der Waals surface area (Å²) in [4.78, 5) is 16.7. The van der Waals surface area contributed by atoms with Gasteiger partial charge in [-0.3, -0.25) is 13.9 Å². The highest BCUT2D eigenvalue weighted by atomic mass is 19.1. The van der Waals surface area contributed by atoms with E-state index >= 15 is 0 Å². The monoisotopic (exact) mass is 425 g/mol. The zero-order chi connectivity index (χ0) is 21.9. The molecule has 32 heavy (non-hydrogen) atoms. The van der Waals surface area contributed by atoms with Gasteiger partial charge >= 0.3 is 0 Å². The third kappa shape index (κ3) is 3.84. The van der Waals surface area contributed by atoms with E-state index in [0.717, 1.165) is 22.5 Å². The van der Waals surface area contributed by atoms with Gasteiger partial charge in [0.25, 0.3) is 5.56 Å². The van der Waals surface area contributed by atoms with Gasteiger partial charge in [-0.15, -0.1) is 0 Å². The molecule has 0 saturated carbocycles. The molecule has 0 atom stereocenters. The Labute approximate surface area is 184 Å². The van der Waals surface area contributed by atoms with Gasteiger partial charge in [-0.05, 0) is 41.5 Å². The van der Waals surface area contributed by atoms with Crippen LogP contribution < -0.4 is 5.56 Å². The predicted octanol–water partition coefficient (Wildman–Crippen LogP) is 5.17. The van der Waals surface area contributed by atoms with Crippen molar-refractivity contribution in [1.82, 2.24) is 14.1 Å². The van der Waals surface area contributed by atoms with E-state index in [0.29, 0.717) is 17.6 Å². The predicted molar refractivity (Wildman–Crippen MR) is 122 cm³/mol. The van der Waals surface area contributed by atoms with E-state index in [9.17, 15) is 9.18 Å². The summed E-state index contributed by atoms with van der Waals surface area (Å²) in [5, 5.41) is 0.471. The van der Waals surface area contributed by atoms with Gasteiger partial charge in [0.05, 0.1) is 17.7 Å². The average Bonchev–Trinajstić information content (AvgIpc) is 3.24. The second-order valence-corrected chi connectivity index (χ2v) is 7.43. The molecule has 0 spiro atoms. The van der Waals surface area contributed by atoms with Crippen LogP contribution in [-0.4, -0.2) is 14.1 Å². The van der Waals surface area contributed by atoms with Gasteiger partial charge in [-0.1, -0.05) is 60.7 Å². The highest BCUT2D eigenvalue weighted by Gasteiger charge is 2.18. The van der Waals surface area contributed by atoms with E-state index in [-0.39, 0.29) is 18.1 Å². The first-order valence-electron chi connectivity index (χ1n) is 10.2. The normalized spacial score (nSPS) is 11.2. The fraction of sp³-hybridized carbons (Fsp3) is 0.0769. The number of aromatic nitrogens is 3. The van der Waals surface area contributed by atoms with Crippen LogP contribution in [0.25, 0.3) is 28.0 Å². The molecular weight excluding hydrogens is 405 g/mol. The van der Waals surface area contributed by atoms with Crippen molar-refractivity contribution >= 4 is 11.0 Å². The van der Waals surface area contributed by atoms with Crippen LogP contribution in [0.3, 0.4) is 0 Å². The number of rotatable bonds is 6. The minimum atomic E-state index is -0.322. The van der Waals surface area contributed by atoms with Gasteiger partial charge < -0.3 is 4.74 Å². The summed E-state index contributed by atoms with van der Waals surface area (Å²) in [5.74, 6) is -0.322. The zero-order valence-electron chi connectivity index (χ0n) is 17.2.